The molecule has 4 aromatic rings. The number of carbonyl (C=O) groups excluding carboxylic acids is 2. The maximum Gasteiger partial charge on any atom is 0.256 e. The van der Waals surface area contributed by atoms with Crippen LogP contribution in [0.2, 0.25) is 5.02 Å². The van der Waals surface area contributed by atoms with Gasteiger partial charge in [0, 0.05) is 48.7 Å². The van der Waals surface area contributed by atoms with Crippen molar-refractivity contribution in [2.24, 2.45) is 0 Å². The molecular weight excluding hydrogens is 532 g/mol. The summed E-state index contributed by atoms with van der Waals surface area (Å²) in [6, 6.07) is 5.57. The zero-order valence-corrected chi connectivity index (χ0v) is 21.5. The van der Waals surface area contributed by atoms with Crippen molar-refractivity contribution < 1.29 is 18.4 Å². The zero-order valence-electron chi connectivity index (χ0n) is 19.9. The van der Waals surface area contributed by atoms with E-state index in [4.69, 9.17) is 17.3 Å². The van der Waals surface area contributed by atoms with Gasteiger partial charge in [0.15, 0.2) is 0 Å². The first-order valence-corrected chi connectivity index (χ1v) is 13.1. The van der Waals surface area contributed by atoms with Crippen LogP contribution in [-0.4, -0.2) is 51.9 Å². The number of thiophene rings is 1. The van der Waals surface area contributed by atoms with E-state index < -0.39 is 11.6 Å². The Bertz CT molecular complexity index is 1750. The van der Waals surface area contributed by atoms with Crippen molar-refractivity contribution in [3.63, 3.8) is 0 Å². The first kappa shape index (κ1) is 24.4. The second kappa shape index (κ2) is 8.82. The van der Waals surface area contributed by atoms with Gasteiger partial charge in [0.1, 0.15) is 22.7 Å². The summed E-state index contributed by atoms with van der Waals surface area (Å²) in [6.07, 6.45) is 3.47. The Hall–Kier alpha value is -3.94. The van der Waals surface area contributed by atoms with Crippen molar-refractivity contribution in [2.75, 3.05) is 25.4 Å². The van der Waals surface area contributed by atoms with E-state index in [1.165, 1.54) is 24.3 Å². The van der Waals surface area contributed by atoms with Gasteiger partial charge in [0.2, 0.25) is 5.91 Å². The van der Waals surface area contributed by atoms with Crippen molar-refractivity contribution in [3.05, 3.63) is 64.8 Å². The maximum absolute atomic E-state index is 16.1. The number of amides is 2. The fraction of sp³-hybridized carbons (Fsp3) is 0.222. The minimum atomic E-state index is -0.723. The Kier molecular flexibility index (Phi) is 5.67. The van der Waals surface area contributed by atoms with E-state index in [0.29, 0.717) is 43.5 Å². The van der Waals surface area contributed by atoms with E-state index in [1.807, 2.05) is 10.6 Å². The van der Waals surface area contributed by atoms with Crippen LogP contribution in [-0.2, 0) is 11.3 Å². The van der Waals surface area contributed by atoms with Crippen LogP contribution in [0.1, 0.15) is 22.3 Å². The number of anilines is 1. The van der Waals surface area contributed by atoms with Gasteiger partial charge in [-0.25, -0.2) is 8.78 Å². The summed E-state index contributed by atoms with van der Waals surface area (Å²) in [6.45, 7) is 5.03. The molecule has 0 unspecified atom stereocenters. The molecule has 0 bridgehead atoms. The Morgan fingerprint density at radius 2 is 2.00 bits per heavy atom. The highest BCUT2D eigenvalue weighted by molar-refractivity contribution is 7.23. The number of hydrogen-bond acceptors (Lipinski definition) is 5. The SMILES string of the molecule is C=CC(=O)N1CCN2C(=O)c3cc(F)c(-c4ccc(F)c5sc(N)c(C#N)c45)c4c(Cl)cn(c34)CC[C@@H]2C1. The molecule has 4 heterocycles. The number of halogens is 3. The van der Waals surface area contributed by atoms with Crippen LogP contribution in [0.5, 0.6) is 0 Å². The fourth-order valence-corrected chi connectivity index (χ4v) is 6.94. The first-order chi connectivity index (χ1) is 18.2. The molecule has 1 fully saturated rings. The second-order valence-corrected chi connectivity index (χ2v) is 10.8. The van der Waals surface area contributed by atoms with Gasteiger partial charge in [-0.1, -0.05) is 24.2 Å². The molecule has 2 aromatic heterocycles. The minimum Gasteiger partial charge on any atom is -0.389 e. The Morgan fingerprint density at radius 3 is 2.74 bits per heavy atom. The lowest BCUT2D eigenvalue weighted by atomic mass is 9.93. The third-order valence-electron chi connectivity index (χ3n) is 7.41. The highest BCUT2D eigenvalue weighted by Crippen LogP contribution is 2.46. The third kappa shape index (κ3) is 3.42. The molecule has 38 heavy (non-hydrogen) atoms. The van der Waals surface area contributed by atoms with Gasteiger partial charge in [0.05, 0.1) is 32.4 Å². The Labute approximate surface area is 224 Å². The molecule has 0 spiro atoms. The van der Waals surface area contributed by atoms with E-state index in [1.54, 1.807) is 16.0 Å². The molecular formula is C27H20ClF2N5O2S. The van der Waals surface area contributed by atoms with Gasteiger partial charge < -0.3 is 20.1 Å². The summed E-state index contributed by atoms with van der Waals surface area (Å²) >= 11 is 7.62. The lowest BCUT2D eigenvalue weighted by Crippen LogP contribution is -2.57. The number of hydrogen-bond donors (Lipinski definition) is 1. The quantitative estimate of drug-likeness (QED) is 0.348. The summed E-state index contributed by atoms with van der Waals surface area (Å²) < 4.78 is 32.7. The Balaban J connectivity index is 1.57. The van der Waals surface area contributed by atoms with Gasteiger partial charge in [-0.05, 0) is 30.2 Å². The van der Waals surface area contributed by atoms with Crippen LogP contribution in [0.15, 0.2) is 37.1 Å². The number of nitriles is 1. The van der Waals surface area contributed by atoms with Gasteiger partial charge in [-0.3, -0.25) is 9.59 Å². The predicted molar refractivity (Wildman–Crippen MR) is 143 cm³/mol. The molecule has 1 saturated heterocycles. The number of rotatable bonds is 2. The van der Waals surface area contributed by atoms with Gasteiger partial charge in [-0.2, -0.15) is 5.26 Å². The second-order valence-electron chi connectivity index (χ2n) is 9.36. The van der Waals surface area contributed by atoms with E-state index in [2.05, 4.69) is 6.58 Å². The van der Waals surface area contributed by atoms with Crippen LogP contribution in [0.25, 0.3) is 32.1 Å². The van der Waals surface area contributed by atoms with Crippen LogP contribution in [0.3, 0.4) is 0 Å². The van der Waals surface area contributed by atoms with Crippen LogP contribution < -0.4 is 5.73 Å². The van der Waals surface area contributed by atoms with E-state index in [-0.39, 0.29) is 60.2 Å². The molecule has 7 nitrogen and oxygen atoms in total. The highest BCUT2D eigenvalue weighted by atomic mass is 35.5. The molecule has 0 saturated carbocycles. The number of carbonyl (C=O) groups is 2. The molecule has 192 valence electrons. The molecule has 2 amide bonds. The van der Waals surface area contributed by atoms with Crippen LogP contribution >= 0.6 is 22.9 Å². The zero-order chi connectivity index (χ0) is 26.9. The molecule has 2 aliphatic rings. The number of aromatic nitrogens is 1. The van der Waals surface area contributed by atoms with Crippen molar-refractivity contribution in [2.45, 2.75) is 19.0 Å². The van der Waals surface area contributed by atoms with Crippen molar-refractivity contribution >= 4 is 60.7 Å². The first-order valence-electron chi connectivity index (χ1n) is 11.9. The van der Waals surface area contributed by atoms with E-state index in [0.717, 1.165) is 11.3 Å². The van der Waals surface area contributed by atoms with Crippen molar-refractivity contribution in [1.82, 2.24) is 14.4 Å². The molecule has 11 heteroatoms. The summed E-state index contributed by atoms with van der Waals surface area (Å²) in [4.78, 5) is 29.3. The van der Waals surface area contributed by atoms with Crippen LogP contribution in [0.4, 0.5) is 13.8 Å². The largest absolute Gasteiger partial charge is 0.389 e. The molecule has 2 N–H and O–H groups in total. The minimum absolute atomic E-state index is 0.0682. The standard InChI is InChI=1S/C27H20ClF2N5O2S/c1-2-20(36)33-7-8-35-13(11-33)5-6-34-12-17(28)23-22(19(30)9-15(24(23)34)27(35)37)14-3-4-18(29)25-21(14)16(10-31)26(32)38-25/h2-4,9,12-13H,1,5-8,11,32H2/t13-/m1/s1. The monoisotopic (exact) mass is 551 g/mol. The number of nitrogens with two attached hydrogens (primary N) is 1. The maximum atomic E-state index is 16.1. The number of nitrogen functional groups attached to an aromatic ring is 1. The molecule has 0 aliphatic carbocycles. The molecule has 6 rings (SSSR count). The summed E-state index contributed by atoms with van der Waals surface area (Å²) in [5, 5.41) is 10.6. The number of aryl methyl sites for hydroxylation is 1. The van der Waals surface area contributed by atoms with Crippen molar-refractivity contribution in [1.29, 1.82) is 5.26 Å². The third-order valence-corrected chi connectivity index (χ3v) is 8.72. The summed E-state index contributed by atoms with van der Waals surface area (Å²) in [5.74, 6) is -1.84. The average molecular weight is 552 g/mol. The van der Waals surface area contributed by atoms with Gasteiger partial charge >= 0.3 is 0 Å². The number of fused-ring (bicyclic) bond motifs is 2. The van der Waals surface area contributed by atoms with E-state index >= 15 is 4.39 Å². The summed E-state index contributed by atoms with van der Waals surface area (Å²) in [5.41, 5.74) is 7.05. The van der Waals surface area contributed by atoms with E-state index in [9.17, 15) is 19.2 Å². The van der Waals surface area contributed by atoms with Crippen molar-refractivity contribution in [3.8, 4) is 17.2 Å². The molecule has 1 atom stereocenters. The lowest BCUT2D eigenvalue weighted by Gasteiger charge is -2.42. The summed E-state index contributed by atoms with van der Waals surface area (Å²) in [7, 11) is 0. The fourth-order valence-electron chi connectivity index (χ4n) is 5.69. The van der Waals surface area contributed by atoms with Crippen LogP contribution in [0, 0.1) is 23.0 Å². The number of benzene rings is 2. The number of piperazine rings is 1. The van der Waals surface area contributed by atoms with Gasteiger partial charge in [-0.15, -0.1) is 11.3 Å². The number of nitrogens with zero attached hydrogens (tertiary/aromatic N) is 4. The smallest absolute Gasteiger partial charge is 0.256 e. The molecule has 2 aromatic carbocycles. The molecule has 2 aliphatic heterocycles. The Morgan fingerprint density at radius 1 is 1.21 bits per heavy atom. The predicted octanol–water partition coefficient (Wildman–Crippen LogP) is 5.15. The lowest BCUT2D eigenvalue weighted by molar-refractivity contribution is -0.128. The topological polar surface area (TPSA) is 95.4 Å². The van der Waals surface area contributed by atoms with Gasteiger partial charge in [0.25, 0.3) is 5.91 Å². The molecule has 0 radical (unpaired) electrons. The highest BCUT2D eigenvalue weighted by Gasteiger charge is 2.36. The average Bonchev–Trinajstić information content (AvgIpc) is 3.42. The normalized spacial score (nSPS) is 17.3.